The monoisotopic (exact) mass is 335 g/mol. The number of phenolic OH excluding ortho intramolecular Hbond substituents is 1. The van der Waals surface area contributed by atoms with Gasteiger partial charge in [-0.25, -0.2) is 0 Å². The van der Waals surface area contributed by atoms with Crippen LogP contribution in [0.25, 0.3) is 0 Å². The van der Waals surface area contributed by atoms with E-state index < -0.39 is 5.91 Å². The number of hydrogen-bond acceptors (Lipinski definition) is 4. The molecule has 0 aliphatic carbocycles. The third-order valence-electron chi connectivity index (χ3n) is 3.62. The quantitative estimate of drug-likeness (QED) is 0.299. The average molecular weight is 335 g/mol. The summed E-state index contributed by atoms with van der Waals surface area (Å²) < 4.78 is 0. The van der Waals surface area contributed by atoms with E-state index in [9.17, 15) is 9.90 Å². The lowest BCUT2D eigenvalue weighted by atomic mass is 10.1. The molecule has 0 aromatic heterocycles. The number of carbonyl (C=O) groups excluding carboxylic acids is 1. The molecule has 0 heterocycles. The van der Waals surface area contributed by atoms with E-state index in [1.807, 2.05) is 24.3 Å². The number of hydrogen-bond donors (Lipinski definition) is 3. The summed E-state index contributed by atoms with van der Waals surface area (Å²) in [5, 5.41) is 24.0. The number of nitriles is 1. The van der Waals surface area contributed by atoms with Gasteiger partial charge in [0.1, 0.15) is 17.4 Å². The van der Waals surface area contributed by atoms with Crippen molar-refractivity contribution in [2.45, 2.75) is 19.3 Å². The van der Waals surface area contributed by atoms with Crippen LogP contribution in [-0.4, -0.2) is 17.6 Å². The molecule has 0 fully saturated rings. The van der Waals surface area contributed by atoms with E-state index in [0.717, 1.165) is 19.3 Å². The number of nitrogens with zero attached hydrogens (tertiary/aromatic N) is 1. The van der Waals surface area contributed by atoms with E-state index >= 15 is 0 Å². The lowest BCUT2D eigenvalue weighted by Gasteiger charge is -2.05. The molecular formula is C20H21N3O2. The molecule has 128 valence electrons. The van der Waals surface area contributed by atoms with Crippen molar-refractivity contribution in [2.75, 3.05) is 11.9 Å². The van der Waals surface area contributed by atoms with E-state index in [1.54, 1.807) is 12.1 Å². The number of phenols is 1. The molecule has 0 aliphatic rings. The van der Waals surface area contributed by atoms with Gasteiger partial charge in [-0.05, 0) is 49.1 Å². The summed E-state index contributed by atoms with van der Waals surface area (Å²) in [7, 11) is 0. The van der Waals surface area contributed by atoms with Crippen LogP contribution < -0.4 is 10.6 Å². The van der Waals surface area contributed by atoms with Crippen LogP contribution in [0.15, 0.2) is 66.4 Å². The lowest BCUT2D eigenvalue weighted by molar-refractivity contribution is -0.112. The first-order chi connectivity index (χ1) is 12.2. The van der Waals surface area contributed by atoms with Gasteiger partial charge in [-0.15, -0.1) is 0 Å². The third kappa shape index (κ3) is 6.40. The predicted molar refractivity (Wildman–Crippen MR) is 97.8 cm³/mol. The van der Waals surface area contributed by atoms with Crippen LogP contribution in [0, 0.1) is 11.3 Å². The Morgan fingerprint density at radius 2 is 1.80 bits per heavy atom. The highest BCUT2D eigenvalue weighted by molar-refractivity contribution is 6.06. The van der Waals surface area contributed by atoms with Gasteiger partial charge >= 0.3 is 0 Å². The SMILES string of the molecule is N#C/C(=C/NCCCCc1ccccc1)C(=O)Nc1ccc(O)cc1. The van der Waals surface area contributed by atoms with Crippen molar-refractivity contribution in [3.8, 4) is 11.8 Å². The Kier molecular flexibility index (Phi) is 7.08. The molecule has 0 spiro atoms. The molecule has 5 nitrogen and oxygen atoms in total. The van der Waals surface area contributed by atoms with Crippen LogP contribution >= 0.6 is 0 Å². The van der Waals surface area contributed by atoms with Gasteiger partial charge < -0.3 is 15.7 Å². The largest absolute Gasteiger partial charge is 0.508 e. The highest BCUT2D eigenvalue weighted by atomic mass is 16.3. The molecule has 25 heavy (non-hydrogen) atoms. The van der Waals surface area contributed by atoms with Crippen molar-refractivity contribution in [3.05, 3.63) is 71.9 Å². The minimum absolute atomic E-state index is 0.0103. The smallest absolute Gasteiger partial charge is 0.267 e. The van der Waals surface area contributed by atoms with Gasteiger partial charge in [0.2, 0.25) is 0 Å². The second-order valence-corrected chi connectivity index (χ2v) is 5.57. The highest BCUT2D eigenvalue weighted by Crippen LogP contribution is 2.14. The molecule has 0 saturated carbocycles. The minimum atomic E-state index is -0.482. The maximum absolute atomic E-state index is 12.0. The Balaban J connectivity index is 1.73. The molecule has 3 N–H and O–H groups in total. The summed E-state index contributed by atoms with van der Waals surface area (Å²) in [6, 6.07) is 18.2. The normalized spacial score (nSPS) is 10.8. The Bertz CT molecular complexity index is 747. The Hall–Kier alpha value is -3.26. The second kappa shape index (κ2) is 9.78. The van der Waals surface area contributed by atoms with Crippen molar-refractivity contribution in [3.63, 3.8) is 0 Å². The standard InChI is InChI=1S/C20H21N3O2/c21-14-17(20(25)23-18-9-11-19(24)12-10-18)15-22-13-5-4-8-16-6-2-1-3-7-16/h1-3,6-7,9-12,15,22,24H,4-5,8,13H2,(H,23,25)/b17-15-. The van der Waals surface area contributed by atoms with Crippen molar-refractivity contribution in [1.82, 2.24) is 5.32 Å². The molecule has 0 bridgehead atoms. The maximum atomic E-state index is 12.0. The van der Waals surface area contributed by atoms with Crippen molar-refractivity contribution < 1.29 is 9.90 Å². The number of amides is 1. The molecule has 0 aliphatic heterocycles. The lowest BCUT2D eigenvalue weighted by Crippen LogP contribution is -2.17. The molecule has 0 unspecified atom stereocenters. The van der Waals surface area contributed by atoms with E-state index in [0.29, 0.717) is 12.2 Å². The van der Waals surface area contributed by atoms with E-state index in [-0.39, 0.29) is 11.3 Å². The molecule has 5 heteroatoms. The molecule has 2 aromatic rings. The highest BCUT2D eigenvalue weighted by Gasteiger charge is 2.08. The number of aromatic hydroxyl groups is 1. The summed E-state index contributed by atoms with van der Waals surface area (Å²) in [6.07, 6.45) is 4.44. The number of unbranched alkanes of at least 4 members (excludes halogenated alkanes) is 1. The van der Waals surface area contributed by atoms with Crippen LogP contribution in [0.4, 0.5) is 5.69 Å². The molecule has 0 radical (unpaired) electrons. The first kappa shape index (κ1) is 18.1. The molecule has 2 aromatic carbocycles. The number of nitrogens with one attached hydrogen (secondary N) is 2. The Morgan fingerprint density at radius 3 is 2.48 bits per heavy atom. The zero-order chi connectivity index (χ0) is 17.9. The van der Waals surface area contributed by atoms with Crippen LogP contribution in [-0.2, 0) is 11.2 Å². The summed E-state index contributed by atoms with van der Waals surface area (Å²) in [5.74, 6) is -0.365. The minimum Gasteiger partial charge on any atom is -0.508 e. The first-order valence-corrected chi connectivity index (χ1v) is 8.17. The van der Waals surface area contributed by atoms with Gasteiger partial charge in [0.15, 0.2) is 0 Å². The Labute approximate surface area is 147 Å². The van der Waals surface area contributed by atoms with Crippen molar-refractivity contribution >= 4 is 11.6 Å². The maximum Gasteiger partial charge on any atom is 0.267 e. The number of rotatable bonds is 8. The molecule has 0 saturated heterocycles. The van der Waals surface area contributed by atoms with E-state index in [4.69, 9.17) is 5.26 Å². The van der Waals surface area contributed by atoms with Crippen LogP contribution in [0.3, 0.4) is 0 Å². The second-order valence-electron chi connectivity index (χ2n) is 5.57. The molecule has 0 atom stereocenters. The van der Waals surface area contributed by atoms with Gasteiger partial charge in [-0.1, -0.05) is 30.3 Å². The fraction of sp³-hybridized carbons (Fsp3) is 0.200. The first-order valence-electron chi connectivity index (χ1n) is 8.17. The number of benzene rings is 2. The van der Waals surface area contributed by atoms with Gasteiger partial charge in [0.25, 0.3) is 5.91 Å². The predicted octanol–water partition coefficient (Wildman–Crippen LogP) is 3.35. The number of carbonyl (C=O) groups is 1. The number of aryl methyl sites for hydroxylation is 1. The van der Waals surface area contributed by atoms with Crippen molar-refractivity contribution in [2.24, 2.45) is 0 Å². The summed E-state index contributed by atoms with van der Waals surface area (Å²) in [6.45, 7) is 0.699. The third-order valence-corrected chi connectivity index (χ3v) is 3.62. The molecule has 2 rings (SSSR count). The van der Waals surface area contributed by atoms with Gasteiger partial charge in [0, 0.05) is 18.4 Å². The van der Waals surface area contributed by atoms with E-state index in [1.165, 1.54) is 23.9 Å². The van der Waals surface area contributed by atoms with Crippen molar-refractivity contribution in [1.29, 1.82) is 5.26 Å². The fourth-order valence-corrected chi connectivity index (χ4v) is 2.27. The zero-order valence-electron chi connectivity index (χ0n) is 13.9. The van der Waals surface area contributed by atoms with Gasteiger partial charge in [-0.2, -0.15) is 5.26 Å². The van der Waals surface area contributed by atoms with Crippen LogP contribution in [0.1, 0.15) is 18.4 Å². The van der Waals surface area contributed by atoms with Gasteiger partial charge in [-0.3, -0.25) is 4.79 Å². The molecular weight excluding hydrogens is 314 g/mol. The van der Waals surface area contributed by atoms with Crippen LogP contribution in [0.2, 0.25) is 0 Å². The average Bonchev–Trinajstić information content (AvgIpc) is 2.64. The van der Waals surface area contributed by atoms with Crippen LogP contribution in [0.5, 0.6) is 5.75 Å². The summed E-state index contributed by atoms with van der Waals surface area (Å²) >= 11 is 0. The zero-order valence-corrected chi connectivity index (χ0v) is 13.9. The number of anilines is 1. The fourth-order valence-electron chi connectivity index (χ4n) is 2.27. The summed E-state index contributed by atoms with van der Waals surface area (Å²) in [5.41, 5.74) is 1.84. The van der Waals surface area contributed by atoms with E-state index in [2.05, 4.69) is 22.8 Å². The summed E-state index contributed by atoms with van der Waals surface area (Å²) in [4.78, 5) is 12.0. The topological polar surface area (TPSA) is 85.2 Å². The molecule has 1 amide bonds. The Morgan fingerprint density at radius 1 is 1.08 bits per heavy atom. The van der Waals surface area contributed by atoms with Gasteiger partial charge in [0.05, 0.1) is 0 Å².